The minimum Gasteiger partial charge on any atom is -0.507 e. The molecule has 1 amide bonds. The summed E-state index contributed by atoms with van der Waals surface area (Å²) in [5.74, 6) is -1.87. The Bertz CT molecular complexity index is 1350. The smallest absolute Gasteiger partial charge is 0.338 e. The standard InChI is InChI=1S/C28H26N2O7/c1-4-14-37-28(34)17-7-9-19(10-8-17)30-24(18-6-5-13-29-16-18)23(26(32)27(30)33)25(31)21-15-20(35-2)11-12-22(21)36-3/h5-13,15-16,24,31H,4,14H2,1-3H3/b25-23+. The molecule has 4 rings (SSSR count). The van der Waals surface area contributed by atoms with E-state index in [4.69, 9.17) is 14.2 Å². The molecule has 9 heteroatoms. The van der Waals surface area contributed by atoms with E-state index in [1.54, 1.807) is 42.6 Å². The maximum Gasteiger partial charge on any atom is 0.338 e. The fourth-order valence-corrected chi connectivity index (χ4v) is 4.13. The number of benzene rings is 2. The normalized spacial score (nSPS) is 16.5. The molecule has 0 bridgehead atoms. The average molecular weight is 503 g/mol. The minimum absolute atomic E-state index is 0.129. The molecule has 1 unspecified atom stereocenters. The first-order valence-corrected chi connectivity index (χ1v) is 11.6. The second-order valence-electron chi connectivity index (χ2n) is 8.20. The molecule has 1 aliphatic rings. The summed E-state index contributed by atoms with van der Waals surface area (Å²) in [7, 11) is 2.91. The molecule has 2 aromatic carbocycles. The Morgan fingerprint density at radius 2 is 1.81 bits per heavy atom. The largest absolute Gasteiger partial charge is 0.507 e. The average Bonchev–Trinajstić information content (AvgIpc) is 3.21. The quantitative estimate of drug-likeness (QED) is 0.210. The number of carbonyl (C=O) groups is 3. The lowest BCUT2D eigenvalue weighted by atomic mass is 9.95. The van der Waals surface area contributed by atoms with Gasteiger partial charge in [-0.2, -0.15) is 0 Å². The number of rotatable bonds is 8. The second kappa shape index (κ2) is 10.9. The van der Waals surface area contributed by atoms with Crippen molar-refractivity contribution in [2.24, 2.45) is 0 Å². The number of hydrogen-bond donors (Lipinski definition) is 1. The summed E-state index contributed by atoms with van der Waals surface area (Å²) >= 11 is 0. The summed E-state index contributed by atoms with van der Waals surface area (Å²) < 4.78 is 15.8. The third-order valence-corrected chi connectivity index (χ3v) is 5.92. The summed E-state index contributed by atoms with van der Waals surface area (Å²) in [4.78, 5) is 44.3. The zero-order valence-electron chi connectivity index (χ0n) is 20.6. The number of aliphatic hydroxyl groups excluding tert-OH is 1. The van der Waals surface area contributed by atoms with E-state index in [0.717, 1.165) is 0 Å². The van der Waals surface area contributed by atoms with Gasteiger partial charge in [-0.25, -0.2) is 4.79 Å². The Morgan fingerprint density at radius 3 is 2.43 bits per heavy atom. The van der Waals surface area contributed by atoms with Gasteiger partial charge in [-0.1, -0.05) is 13.0 Å². The van der Waals surface area contributed by atoms with Crippen LogP contribution < -0.4 is 14.4 Å². The predicted octanol–water partition coefficient (Wildman–Crippen LogP) is 4.29. The van der Waals surface area contributed by atoms with E-state index < -0.39 is 29.5 Å². The highest BCUT2D eigenvalue weighted by molar-refractivity contribution is 6.51. The van der Waals surface area contributed by atoms with E-state index in [1.165, 1.54) is 43.5 Å². The number of nitrogens with zero attached hydrogens (tertiary/aromatic N) is 2. The van der Waals surface area contributed by atoms with Crippen LogP contribution in [0.1, 0.15) is 40.9 Å². The molecule has 37 heavy (non-hydrogen) atoms. The highest BCUT2D eigenvalue weighted by Gasteiger charge is 2.47. The fourth-order valence-electron chi connectivity index (χ4n) is 4.13. The number of pyridine rings is 1. The summed E-state index contributed by atoms with van der Waals surface area (Å²) in [5.41, 5.74) is 1.25. The number of methoxy groups -OCH3 is 2. The highest BCUT2D eigenvalue weighted by Crippen LogP contribution is 2.43. The molecule has 2 heterocycles. The summed E-state index contributed by atoms with van der Waals surface area (Å²) in [6.45, 7) is 2.19. The van der Waals surface area contributed by atoms with Gasteiger partial charge in [0.15, 0.2) is 0 Å². The lowest BCUT2D eigenvalue weighted by Crippen LogP contribution is -2.29. The van der Waals surface area contributed by atoms with Crippen molar-refractivity contribution in [1.29, 1.82) is 0 Å². The van der Waals surface area contributed by atoms with E-state index in [0.29, 0.717) is 41.3 Å². The summed E-state index contributed by atoms with van der Waals surface area (Å²) in [6, 6.07) is 13.3. The molecule has 0 aliphatic carbocycles. The Labute approximate surface area is 213 Å². The van der Waals surface area contributed by atoms with Crippen LogP contribution >= 0.6 is 0 Å². The molecule has 0 saturated carbocycles. The Kier molecular flexibility index (Phi) is 7.52. The van der Waals surface area contributed by atoms with Crippen LogP contribution in [0.2, 0.25) is 0 Å². The zero-order chi connectivity index (χ0) is 26.5. The summed E-state index contributed by atoms with van der Waals surface area (Å²) in [5, 5.41) is 11.4. The maximum absolute atomic E-state index is 13.4. The molecule has 1 aliphatic heterocycles. The van der Waals surface area contributed by atoms with Gasteiger partial charge in [-0.05, 0) is 60.5 Å². The molecular formula is C28H26N2O7. The minimum atomic E-state index is -0.984. The lowest BCUT2D eigenvalue weighted by molar-refractivity contribution is -0.132. The van der Waals surface area contributed by atoms with Crippen molar-refractivity contribution in [2.45, 2.75) is 19.4 Å². The van der Waals surface area contributed by atoms with Crippen LogP contribution in [0.3, 0.4) is 0 Å². The zero-order valence-corrected chi connectivity index (χ0v) is 20.6. The van der Waals surface area contributed by atoms with Crippen LogP contribution in [-0.4, -0.2) is 48.6 Å². The summed E-state index contributed by atoms with van der Waals surface area (Å²) in [6.07, 6.45) is 3.78. The van der Waals surface area contributed by atoms with E-state index in [-0.39, 0.29) is 11.1 Å². The van der Waals surface area contributed by atoms with Crippen molar-refractivity contribution in [1.82, 2.24) is 4.98 Å². The first-order valence-electron chi connectivity index (χ1n) is 11.6. The number of ether oxygens (including phenoxy) is 3. The van der Waals surface area contributed by atoms with Crippen molar-refractivity contribution in [2.75, 3.05) is 25.7 Å². The van der Waals surface area contributed by atoms with E-state index in [9.17, 15) is 19.5 Å². The van der Waals surface area contributed by atoms with Crippen molar-refractivity contribution < 1.29 is 33.7 Å². The molecule has 3 aromatic rings. The van der Waals surface area contributed by atoms with Gasteiger partial charge in [0.2, 0.25) is 0 Å². The number of carbonyl (C=O) groups excluding carboxylic acids is 3. The fraction of sp³-hybridized carbons (Fsp3) is 0.214. The van der Waals surface area contributed by atoms with Crippen LogP contribution in [0.15, 0.2) is 72.6 Å². The number of amides is 1. The molecule has 9 nitrogen and oxygen atoms in total. The third-order valence-electron chi connectivity index (χ3n) is 5.92. The Balaban J connectivity index is 1.85. The van der Waals surface area contributed by atoms with Crippen molar-refractivity contribution >= 4 is 29.1 Å². The molecule has 0 radical (unpaired) electrons. The number of aliphatic hydroxyl groups is 1. The number of Topliss-reactive ketones (excluding diaryl/α,β-unsaturated/α-hetero) is 1. The maximum atomic E-state index is 13.4. The number of anilines is 1. The number of esters is 1. The first-order chi connectivity index (χ1) is 17.9. The van der Waals surface area contributed by atoms with Crippen LogP contribution in [0.4, 0.5) is 5.69 Å². The second-order valence-corrected chi connectivity index (χ2v) is 8.20. The van der Waals surface area contributed by atoms with Gasteiger partial charge in [-0.3, -0.25) is 19.5 Å². The molecule has 0 spiro atoms. The molecule has 1 saturated heterocycles. The van der Waals surface area contributed by atoms with Crippen LogP contribution in [0.25, 0.3) is 5.76 Å². The van der Waals surface area contributed by atoms with Gasteiger partial charge in [-0.15, -0.1) is 0 Å². The van der Waals surface area contributed by atoms with E-state index in [1.807, 2.05) is 6.92 Å². The predicted molar refractivity (Wildman–Crippen MR) is 136 cm³/mol. The van der Waals surface area contributed by atoms with Crippen molar-refractivity contribution in [3.05, 3.63) is 89.3 Å². The number of aromatic nitrogens is 1. The number of ketones is 1. The molecule has 1 fully saturated rings. The van der Waals surface area contributed by atoms with Gasteiger partial charge in [0.1, 0.15) is 17.3 Å². The van der Waals surface area contributed by atoms with Crippen LogP contribution in [0.5, 0.6) is 11.5 Å². The molecule has 190 valence electrons. The molecule has 1 N–H and O–H groups in total. The lowest BCUT2D eigenvalue weighted by Gasteiger charge is -2.25. The van der Waals surface area contributed by atoms with Crippen molar-refractivity contribution in [3.8, 4) is 11.5 Å². The molecule has 1 atom stereocenters. The monoisotopic (exact) mass is 502 g/mol. The van der Waals surface area contributed by atoms with Crippen LogP contribution in [-0.2, 0) is 14.3 Å². The highest BCUT2D eigenvalue weighted by atomic mass is 16.5. The topological polar surface area (TPSA) is 115 Å². The van der Waals surface area contributed by atoms with Gasteiger partial charge in [0.05, 0.1) is 43.6 Å². The SMILES string of the molecule is CCCOC(=O)c1ccc(N2C(=O)C(=O)/C(=C(/O)c3cc(OC)ccc3OC)C2c2cccnc2)cc1. The van der Waals surface area contributed by atoms with Crippen LogP contribution in [0, 0.1) is 0 Å². The Morgan fingerprint density at radius 1 is 1.05 bits per heavy atom. The molecular weight excluding hydrogens is 476 g/mol. The van der Waals surface area contributed by atoms with Gasteiger partial charge < -0.3 is 19.3 Å². The Hall–Kier alpha value is -4.66. The van der Waals surface area contributed by atoms with Crippen molar-refractivity contribution in [3.63, 3.8) is 0 Å². The van der Waals surface area contributed by atoms with E-state index >= 15 is 0 Å². The van der Waals surface area contributed by atoms with Gasteiger partial charge in [0.25, 0.3) is 11.7 Å². The third kappa shape index (κ3) is 4.88. The first kappa shape index (κ1) is 25.4. The van der Waals surface area contributed by atoms with E-state index in [2.05, 4.69) is 4.98 Å². The molecule has 1 aromatic heterocycles. The van der Waals surface area contributed by atoms with Gasteiger partial charge >= 0.3 is 5.97 Å². The van der Waals surface area contributed by atoms with Gasteiger partial charge in [0, 0.05) is 18.1 Å². The number of hydrogen-bond acceptors (Lipinski definition) is 8.